The fourth-order valence-electron chi connectivity index (χ4n) is 3.43. The van der Waals surface area contributed by atoms with E-state index in [0.29, 0.717) is 34.8 Å². The Balaban J connectivity index is 2.51. The molecule has 2 aromatic rings. The van der Waals surface area contributed by atoms with Gasteiger partial charge in [0, 0.05) is 47.8 Å². The fourth-order valence-corrected chi connectivity index (χ4v) is 4.58. The molecule has 9 nitrogen and oxygen atoms in total. The summed E-state index contributed by atoms with van der Waals surface area (Å²) in [4.78, 5) is 38.5. The number of non-ortho nitro benzene ring substituents is 1. The van der Waals surface area contributed by atoms with Crippen LogP contribution in [0.2, 0.25) is 0 Å². The summed E-state index contributed by atoms with van der Waals surface area (Å²) in [5, 5.41) is 30.5. The van der Waals surface area contributed by atoms with Crippen LogP contribution in [-0.4, -0.2) is 36.4 Å². The number of ketones is 1. The average molecular weight is 481 g/mol. The Morgan fingerprint density at radius 2 is 1.91 bits per heavy atom. The van der Waals surface area contributed by atoms with Gasteiger partial charge in [0.15, 0.2) is 5.78 Å². The third kappa shape index (κ3) is 5.66. The van der Waals surface area contributed by atoms with Gasteiger partial charge in [0.05, 0.1) is 22.7 Å². The van der Waals surface area contributed by atoms with Crippen LogP contribution >= 0.6 is 11.3 Å². The molecule has 1 heterocycles. The molecule has 0 bridgehead atoms. The number of carbonyl (C=O) groups excluding carboxylic acids is 2. The van der Waals surface area contributed by atoms with E-state index >= 15 is 0 Å². The molecule has 0 radical (unpaired) electrons. The SMILES string of the molecule is CCOC(=O)c1sc(CC(=O)/C(C#N)=C\c2cc([N+](=O)[O-])ccc2N(CC)CC)c(C#N)c1C. The number of esters is 1. The van der Waals surface area contributed by atoms with E-state index in [1.807, 2.05) is 30.9 Å². The molecule has 2 rings (SSSR count). The minimum Gasteiger partial charge on any atom is -0.462 e. The number of allylic oxidation sites excluding steroid dienone is 1. The number of thiophene rings is 1. The van der Waals surface area contributed by atoms with Crippen LogP contribution in [0.3, 0.4) is 0 Å². The first-order valence-electron chi connectivity index (χ1n) is 10.6. The van der Waals surface area contributed by atoms with E-state index in [4.69, 9.17) is 4.74 Å². The van der Waals surface area contributed by atoms with Crippen molar-refractivity contribution in [2.45, 2.75) is 34.1 Å². The van der Waals surface area contributed by atoms with Gasteiger partial charge < -0.3 is 9.64 Å². The first kappa shape index (κ1) is 26.2. The fraction of sp³-hybridized carbons (Fsp3) is 0.333. The predicted molar refractivity (Wildman–Crippen MR) is 129 cm³/mol. The molecule has 1 aromatic heterocycles. The topological polar surface area (TPSA) is 137 Å². The van der Waals surface area contributed by atoms with Crippen molar-refractivity contribution in [3.63, 3.8) is 0 Å². The van der Waals surface area contributed by atoms with Gasteiger partial charge in [-0.2, -0.15) is 10.5 Å². The summed E-state index contributed by atoms with van der Waals surface area (Å²) in [7, 11) is 0. The summed E-state index contributed by atoms with van der Waals surface area (Å²) in [5.41, 5.74) is 1.30. The average Bonchev–Trinajstić information content (AvgIpc) is 3.13. The zero-order valence-electron chi connectivity index (χ0n) is 19.4. The van der Waals surface area contributed by atoms with E-state index in [1.165, 1.54) is 18.2 Å². The summed E-state index contributed by atoms with van der Waals surface area (Å²) in [5.74, 6) is -1.13. The van der Waals surface area contributed by atoms with Crippen LogP contribution in [0.5, 0.6) is 0 Å². The standard InChI is InChI=1S/C24H24N4O5S/c1-5-27(6-2)20-9-8-18(28(31)32)11-16(20)10-17(13-25)21(29)12-22-19(14-26)15(4)23(34-22)24(30)33-7-3/h8-11H,5-7,12H2,1-4H3/b17-10-. The van der Waals surface area contributed by atoms with Crippen molar-refractivity contribution in [3.05, 3.63) is 60.3 Å². The summed E-state index contributed by atoms with van der Waals surface area (Å²) < 4.78 is 5.02. The zero-order valence-corrected chi connectivity index (χ0v) is 20.2. The van der Waals surface area contributed by atoms with Crippen LogP contribution in [0.15, 0.2) is 23.8 Å². The third-order valence-corrected chi connectivity index (χ3v) is 6.43. The lowest BCUT2D eigenvalue weighted by atomic mass is 10.0. The summed E-state index contributed by atoms with van der Waals surface area (Å²) in [6.45, 7) is 8.56. The van der Waals surface area contributed by atoms with Crippen molar-refractivity contribution in [1.82, 2.24) is 0 Å². The molecule has 0 saturated heterocycles. The highest BCUT2D eigenvalue weighted by atomic mass is 32.1. The molecule has 176 valence electrons. The number of nitriles is 2. The smallest absolute Gasteiger partial charge is 0.348 e. The van der Waals surface area contributed by atoms with Crippen LogP contribution in [0.25, 0.3) is 6.08 Å². The first-order chi connectivity index (χ1) is 16.2. The van der Waals surface area contributed by atoms with Gasteiger partial charge in [-0.25, -0.2) is 4.79 Å². The number of anilines is 1. The van der Waals surface area contributed by atoms with Crippen LogP contribution < -0.4 is 4.90 Å². The van der Waals surface area contributed by atoms with E-state index < -0.39 is 16.7 Å². The third-order valence-electron chi connectivity index (χ3n) is 5.16. The highest BCUT2D eigenvalue weighted by molar-refractivity contribution is 7.14. The zero-order chi connectivity index (χ0) is 25.4. The second-order valence-corrected chi connectivity index (χ2v) is 8.23. The minimum atomic E-state index is -0.572. The molecule has 0 aliphatic heterocycles. The summed E-state index contributed by atoms with van der Waals surface area (Å²) in [6.07, 6.45) is 1.07. The molecule has 0 spiro atoms. The highest BCUT2D eigenvalue weighted by Crippen LogP contribution is 2.31. The van der Waals surface area contributed by atoms with Crippen molar-refractivity contribution in [2.75, 3.05) is 24.6 Å². The van der Waals surface area contributed by atoms with Gasteiger partial charge in [-0.05, 0) is 45.4 Å². The number of nitro benzene ring substituents is 1. The molecule has 0 fully saturated rings. The number of carbonyl (C=O) groups is 2. The molecule has 0 atom stereocenters. The first-order valence-corrected chi connectivity index (χ1v) is 11.4. The summed E-state index contributed by atoms with van der Waals surface area (Å²) in [6, 6.07) is 8.20. The van der Waals surface area contributed by atoms with Crippen molar-refractivity contribution >= 4 is 40.5 Å². The van der Waals surface area contributed by atoms with Gasteiger partial charge in [-0.15, -0.1) is 11.3 Å². The lowest BCUT2D eigenvalue weighted by Gasteiger charge is -2.23. The normalized spacial score (nSPS) is 10.8. The molecule has 0 unspecified atom stereocenters. The number of hydrogen-bond acceptors (Lipinski definition) is 9. The molecule has 0 aliphatic carbocycles. The molecule has 0 N–H and O–H groups in total. The Hall–Kier alpha value is -4.02. The number of ether oxygens (including phenoxy) is 1. The molecular weight excluding hydrogens is 456 g/mol. The molecule has 34 heavy (non-hydrogen) atoms. The van der Waals surface area contributed by atoms with Crippen molar-refractivity contribution < 1.29 is 19.2 Å². The van der Waals surface area contributed by atoms with Crippen molar-refractivity contribution in [3.8, 4) is 12.1 Å². The minimum absolute atomic E-state index is 0.161. The highest BCUT2D eigenvalue weighted by Gasteiger charge is 2.24. The van der Waals surface area contributed by atoms with Crippen LogP contribution in [-0.2, 0) is 16.0 Å². The second kappa shape index (κ2) is 11.7. The van der Waals surface area contributed by atoms with Gasteiger partial charge in [-0.3, -0.25) is 14.9 Å². The number of Topliss-reactive ketones (excluding diaryl/α,β-unsaturated/α-hetero) is 1. The van der Waals surface area contributed by atoms with Crippen LogP contribution in [0.4, 0.5) is 11.4 Å². The number of rotatable bonds is 10. The van der Waals surface area contributed by atoms with Gasteiger partial charge in [0.2, 0.25) is 0 Å². The van der Waals surface area contributed by atoms with Crippen molar-refractivity contribution in [2.24, 2.45) is 0 Å². The maximum Gasteiger partial charge on any atom is 0.348 e. The van der Waals surface area contributed by atoms with Crippen molar-refractivity contribution in [1.29, 1.82) is 10.5 Å². The van der Waals surface area contributed by atoms with Gasteiger partial charge in [0.25, 0.3) is 5.69 Å². The number of benzene rings is 1. The van der Waals surface area contributed by atoms with Gasteiger partial charge >= 0.3 is 5.97 Å². The Morgan fingerprint density at radius 1 is 1.24 bits per heavy atom. The number of nitro groups is 1. The second-order valence-electron chi connectivity index (χ2n) is 7.13. The Labute approximate surface area is 201 Å². The molecular formula is C24H24N4O5S. The van der Waals surface area contributed by atoms with Gasteiger partial charge in [-0.1, -0.05) is 0 Å². The maximum absolute atomic E-state index is 13.0. The van der Waals surface area contributed by atoms with E-state index in [-0.39, 0.29) is 34.7 Å². The summed E-state index contributed by atoms with van der Waals surface area (Å²) >= 11 is 0.991. The molecule has 0 amide bonds. The maximum atomic E-state index is 13.0. The van der Waals surface area contributed by atoms with E-state index in [0.717, 1.165) is 11.3 Å². The predicted octanol–water partition coefficient (Wildman–Crippen LogP) is 4.58. The number of hydrogen-bond donors (Lipinski definition) is 0. The largest absolute Gasteiger partial charge is 0.462 e. The van der Waals surface area contributed by atoms with E-state index in [2.05, 4.69) is 0 Å². The lowest BCUT2D eigenvalue weighted by Crippen LogP contribution is -2.22. The Morgan fingerprint density at radius 3 is 2.44 bits per heavy atom. The van der Waals surface area contributed by atoms with E-state index in [9.17, 15) is 30.2 Å². The molecule has 10 heteroatoms. The van der Waals surface area contributed by atoms with E-state index in [1.54, 1.807) is 19.9 Å². The quantitative estimate of drug-likeness (QED) is 0.158. The monoisotopic (exact) mass is 480 g/mol. The Bertz CT molecular complexity index is 1230. The Kier molecular flexibility index (Phi) is 9.05. The number of nitrogens with zero attached hydrogens (tertiary/aromatic N) is 4. The molecule has 0 saturated carbocycles. The molecule has 0 aliphatic rings. The van der Waals surface area contributed by atoms with Gasteiger partial charge in [0.1, 0.15) is 17.0 Å². The lowest BCUT2D eigenvalue weighted by molar-refractivity contribution is -0.384. The molecule has 1 aromatic carbocycles. The van der Waals surface area contributed by atoms with Crippen LogP contribution in [0, 0.1) is 39.7 Å². The van der Waals surface area contributed by atoms with Crippen LogP contribution in [0.1, 0.15) is 52.0 Å².